The van der Waals surface area contributed by atoms with Gasteiger partial charge in [-0.3, -0.25) is 0 Å². The standard InChI is InChI=1S/C20H25N5O3/c1-3-27-19-14-16(15-21-12-7-13-26-2)10-11-18(19)28-20-22-23-24-25(20)17-8-5-4-6-9-17/h4-6,8-11,14,21H,3,7,12-13,15H2,1-2H3. The number of benzene rings is 2. The fraction of sp³-hybridized carbons (Fsp3) is 0.350. The lowest BCUT2D eigenvalue weighted by atomic mass is 10.2. The van der Waals surface area contributed by atoms with Gasteiger partial charge in [-0.1, -0.05) is 29.4 Å². The van der Waals surface area contributed by atoms with Crippen molar-refractivity contribution in [3.05, 3.63) is 54.1 Å². The molecular weight excluding hydrogens is 358 g/mol. The van der Waals surface area contributed by atoms with Crippen molar-refractivity contribution >= 4 is 0 Å². The topological polar surface area (TPSA) is 83.3 Å². The molecule has 1 aromatic heterocycles. The van der Waals surface area contributed by atoms with Crippen molar-refractivity contribution in [2.75, 3.05) is 26.9 Å². The van der Waals surface area contributed by atoms with Crippen LogP contribution in [0.15, 0.2) is 48.5 Å². The number of hydrogen-bond acceptors (Lipinski definition) is 7. The number of aromatic nitrogens is 4. The summed E-state index contributed by atoms with van der Waals surface area (Å²) in [7, 11) is 1.71. The van der Waals surface area contributed by atoms with Gasteiger partial charge in [-0.15, -0.1) is 0 Å². The van der Waals surface area contributed by atoms with Crippen LogP contribution in [0.5, 0.6) is 17.5 Å². The van der Waals surface area contributed by atoms with Crippen molar-refractivity contribution in [3.8, 4) is 23.2 Å². The van der Waals surface area contributed by atoms with Crippen molar-refractivity contribution in [3.63, 3.8) is 0 Å². The fourth-order valence-corrected chi connectivity index (χ4v) is 2.66. The van der Waals surface area contributed by atoms with Gasteiger partial charge in [0.1, 0.15) is 0 Å². The van der Waals surface area contributed by atoms with Crippen LogP contribution < -0.4 is 14.8 Å². The third-order valence-corrected chi connectivity index (χ3v) is 3.98. The molecule has 0 radical (unpaired) electrons. The highest BCUT2D eigenvalue weighted by Gasteiger charge is 2.14. The number of tetrazole rings is 1. The predicted molar refractivity (Wildman–Crippen MR) is 105 cm³/mol. The van der Waals surface area contributed by atoms with E-state index >= 15 is 0 Å². The number of ether oxygens (including phenoxy) is 3. The summed E-state index contributed by atoms with van der Waals surface area (Å²) in [5.41, 5.74) is 1.92. The van der Waals surface area contributed by atoms with Gasteiger partial charge in [-0.05, 0) is 60.1 Å². The highest BCUT2D eigenvalue weighted by Crippen LogP contribution is 2.32. The van der Waals surface area contributed by atoms with Gasteiger partial charge >= 0.3 is 6.01 Å². The van der Waals surface area contributed by atoms with Crippen LogP contribution in [0.1, 0.15) is 18.9 Å². The lowest BCUT2D eigenvalue weighted by molar-refractivity contribution is 0.194. The first-order valence-corrected chi connectivity index (χ1v) is 9.29. The average Bonchev–Trinajstić information content (AvgIpc) is 3.19. The molecule has 2 aromatic carbocycles. The molecule has 0 saturated carbocycles. The average molecular weight is 383 g/mol. The Hall–Kier alpha value is -2.97. The summed E-state index contributed by atoms with van der Waals surface area (Å²) in [6, 6.07) is 15.7. The van der Waals surface area contributed by atoms with Crippen molar-refractivity contribution in [2.45, 2.75) is 19.9 Å². The fourth-order valence-electron chi connectivity index (χ4n) is 2.66. The van der Waals surface area contributed by atoms with E-state index in [0.717, 1.165) is 37.4 Å². The van der Waals surface area contributed by atoms with Gasteiger partial charge in [0.05, 0.1) is 12.3 Å². The van der Waals surface area contributed by atoms with Gasteiger partial charge in [-0.25, -0.2) is 0 Å². The third kappa shape index (κ3) is 5.28. The normalized spacial score (nSPS) is 10.8. The molecule has 8 nitrogen and oxygen atoms in total. The van der Waals surface area contributed by atoms with Crippen LogP contribution in [0.3, 0.4) is 0 Å². The predicted octanol–water partition coefficient (Wildman–Crippen LogP) is 2.98. The molecule has 0 aliphatic rings. The first kappa shape index (κ1) is 19.8. The molecule has 0 unspecified atom stereocenters. The zero-order valence-corrected chi connectivity index (χ0v) is 16.2. The molecule has 0 amide bonds. The summed E-state index contributed by atoms with van der Waals surface area (Å²) in [5, 5.41) is 15.1. The zero-order chi connectivity index (χ0) is 19.6. The zero-order valence-electron chi connectivity index (χ0n) is 16.2. The lowest BCUT2D eigenvalue weighted by Crippen LogP contribution is -2.16. The number of rotatable bonds is 11. The van der Waals surface area contributed by atoms with Gasteiger partial charge in [0.2, 0.25) is 0 Å². The number of hydrogen-bond donors (Lipinski definition) is 1. The highest BCUT2D eigenvalue weighted by molar-refractivity contribution is 5.44. The Balaban J connectivity index is 1.73. The second-order valence-electron chi connectivity index (χ2n) is 6.05. The van der Waals surface area contributed by atoms with Crippen LogP contribution in [-0.2, 0) is 11.3 Å². The van der Waals surface area contributed by atoms with E-state index in [4.69, 9.17) is 14.2 Å². The minimum atomic E-state index is 0.276. The summed E-state index contributed by atoms with van der Waals surface area (Å²) in [4.78, 5) is 0. The van der Waals surface area contributed by atoms with Crippen molar-refractivity contribution in [1.82, 2.24) is 25.5 Å². The van der Waals surface area contributed by atoms with Crippen LogP contribution in [-0.4, -0.2) is 47.1 Å². The van der Waals surface area contributed by atoms with Gasteiger partial charge in [-0.2, -0.15) is 4.68 Å². The Bertz CT molecular complexity index is 854. The molecule has 1 N–H and O–H groups in total. The van der Waals surface area contributed by atoms with Gasteiger partial charge in [0, 0.05) is 20.3 Å². The second kappa shape index (κ2) is 10.4. The molecule has 0 atom stereocenters. The molecule has 0 bridgehead atoms. The summed E-state index contributed by atoms with van der Waals surface area (Å²) in [6.07, 6.45) is 0.970. The minimum Gasteiger partial charge on any atom is -0.490 e. The molecule has 0 aliphatic carbocycles. The van der Waals surface area contributed by atoms with Crippen LogP contribution >= 0.6 is 0 Å². The van der Waals surface area contributed by atoms with Crippen molar-refractivity contribution in [1.29, 1.82) is 0 Å². The summed E-state index contributed by atoms with van der Waals surface area (Å²) >= 11 is 0. The van der Waals surface area contributed by atoms with Crippen LogP contribution in [0.2, 0.25) is 0 Å². The largest absolute Gasteiger partial charge is 0.490 e. The Kier molecular flexibility index (Phi) is 7.34. The smallest absolute Gasteiger partial charge is 0.346 e. The van der Waals surface area contributed by atoms with E-state index in [1.807, 2.05) is 55.5 Å². The van der Waals surface area contributed by atoms with Crippen LogP contribution in [0, 0.1) is 0 Å². The lowest BCUT2D eigenvalue weighted by Gasteiger charge is -2.13. The first-order chi connectivity index (χ1) is 13.8. The quantitative estimate of drug-likeness (QED) is 0.510. The monoisotopic (exact) mass is 383 g/mol. The van der Waals surface area contributed by atoms with E-state index in [-0.39, 0.29) is 6.01 Å². The summed E-state index contributed by atoms with van der Waals surface area (Å²) in [6.45, 7) is 4.85. The molecule has 148 valence electrons. The number of nitrogens with one attached hydrogen (secondary N) is 1. The molecule has 3 aromatic rings. The molecular formula is C20H25N5O3. The number of nitrogens with zero attached hydrogens (tertiary/aromatic N) is 4. The number of para-hydroxylation sites is 1. The van der Waals surface area contributed by atoms with E-state index in [9.17, 15) is 0 Å². The van der Waals surface area contributed by atoms with Crippen LogP contribution in [0.25, 0.3) is 5.69 Å². The maximum absolute atomic E-state index is 5.97. The van der Waals surface area contributed by atoms with Crippen molar-refractivity contribution in [2.24, 2.45) is 0 Å². The molecule has 28 heavy (non-hydrogen) atoms. The summed E-state index contributed by atoms with van der Waals surface area (Å²) in [5.74, 6) is 1.22. The van der Waals surface area contributed by atoms with Crippen LogP contribution in [0.4, 0.5) is 0 Å². The van der Waals surface area contributed by atoms with E-state index in [1.165, 1.54) is 0 Å². The SMILES string of the molecule is CCOc1cc(CNCCCOC)ccc1Oc1nnnn1-c1ccccc1. The molecule has 0 saturated heterocycles. The maximum Gasteiger partial charge on any atom is 0.346 e. The second-order valence-corrected chi connectivity index (χ2v) is 6.05. The van der Waals surface area contributed by atoms with Crippen molar-refractivity contribution < 1.29 is 14.2 Å². The molecule has 8 heteroatoms. The third-order valence-electron chi connectivity index (χ3n) is 3.98. The number of methoxy groups -OCH3 is 1. The molecule has 1 heterocycles. The van der Waals surface area contributed by atoms with E-state index in [2.05, 4.69) is 20.8 Å². The first-order valence-electron chi connectivity index (χ1n) is 9.29. The Morgan fingerprint density at radius 3 is 2.71 bits per heavy atom. The Labute approximate surface area is 164 Å². The van der Waals surface area contributed by atoms with Gasteiger partial charge in [0.25, 0.3) is 0 Å². The van der Waals surface area contributed by atoms with E-state index < -0.39 is 0 Å². The molecule has 0 spiro atoms. The highest BCUT2D eigenvalue weighted by atomic mass is 16.5. The minimum absolute atomic E-state index is 0.276. The maximum atomic E-state index is 5.97. The van der Waals surface area contributed by atoms with E-state index in [0.29, 0.717) is 18.1 Å². The van der Waals surface area contributed by atoms with Gasteiger partial charge < -0.3 is 19.5 Å². The summed E-state index contributed by atoms with van der Waals surface area (Å²) < 4.78 is 18.3. The molecule has 3 rings (SSSR count). The Morgan fingerprint density at radius 2 is 1.93 bits per heavy atom. The van der Waals surface area contributed by atoms with Gasteiger partial charge in [0.15, 0.2) is 11.5 Å². The Morgan fingerprint density at radius 1 is 1.07 bits per heavy atom. The molecule has 0 aliphatic heterocycles. The molecule has 0 fully saturated rings. The van der Waals surface area contributed by atoms with E-state index in [1.54, 1.807) is 11.8 Å².